The monoisotopic (exact) mass is 480 g/mol. The van der Waals surface area contributed by atoms with Crippen LogP contribution in [0.2, 0.25) is 0 Å². The molecule has 1 aliphatic carbocycles. The first kappa shape index (κ1) is 24.7. The van der Waals surface area contributed by atoms with Crippen LogP contribution in [0.15, 0.2) is 48.5 Å². The first-order valence-electron chi connectivity index (χ1n) is 12.0. The van der Waals surface area contributed by atoms with Crippen molar-refractivity contribution < 1.29 is 29.0 Å². The standard InChI is InChI=1S/C27H32N2O6/c1-3-27(17-34-2,25(32)29-14-8-9-18(15-29)24(30)31)28-26(33)35-16-23-21-12-6-4-10-19(21)20-11-5-7-13-22(20)23/h4-7,10-13,18,23H,3,8-9,14-17H2,1-2H3,(H,28,33)(H,30,31)/t18-,27?/m0/s1. The summed E-state index contributed by atoms with van der Waals surface area (Å²) in [5.41, 5.74) is 3.13. The Morgan fingerprint density at radius 2 is 1.71 bits per heavy atom. The van der Waals surface area contributed by atoms with Gasteiger partial charge in [-0.15, -0.1) is 0 Å². The van der Waals surface area contributed by atoms with Gasteiger partial charge in [-0.3, -0.25) is 9.59 Å². The van der Waals surface area contributed by atoms with E-state index in [9.17, 15) is 19.5 Å². The minimum absolute atomic E-state index is 0.0409. The van der Waals surface area contributed by atoms with E-state index < -0.39 is 23.5 Å². The van der Waals surface area contributed by atoms with E-state index in [-0.39, 0.29) is 38.0 Å². The van der Waals surface area contributed by atoms with Gasteiger partial charge in [-0.2, -0.15) is 0 Å². The lowest BCUT2D eigenvalue weighted by molar-refractivity contribution is -0.149. The number of piperidine rings is 1. The van der Waals surface area contributed by atoms with E-state index in [0.29, 0.717) is 19.4 Å². The highest BCUT2D eigenvalue weighted by Gasteiger charge is 2.44. The van der Waals surface area contributed by atoms with Crippen LogP contribution in [0.4, 0.5) is 4.79 Å². The number of amides is 2. The Labute approximate surface area is 205 Å². The molecule has 35 heavy (non-hydrogen) atoms. The van der Waals surface area contributed by atoms with Gasteiger partial charge < -0.3 is 24.8 Å². The molecule has 0 spiro atoms. The Hall–Kier alpha value is -3.39. The molecule has 2 amide bonds. The normalized spacial score (nSPS) is 18.8. The lowest BCUT2D eigenvalue weighted by atomic mass is 9.91. The summed E-state index contributed by atoms with van der Waals surface area (Å²) in [4.78, 5) is 39.5. The van der Waals surface area contributed by atoms with Crippen molar-refractivity contribution in [3.8, 4) is 11.1 Å². The topological polar surface area (TPSA) is 105 Å². The van der Waals surface area contributed by atoms with Crippen molar-refractivity contribution in [3.05, 3.63) is 59.7 Å². The van der Waals surface area contributed by atoms with Crippen molar-refractivity contribution in [2.75, 3.05) is 33.4 Å². The SMILES string of the molecule is CCC(COC)(NC(=O)OCC1c2ccccc2-c2ccccc21)C(=O)N1CCC[C@H](C(=O)O)C1. The molecule has 2 atom stereocenters. The molecule has 1 saturated heterocycles. The summed E-state index contributed by atoms with van der Waals surface area (Å²) >= 11 is 0. The fourth-order valence-electron chi connectivity index (χ4n) is 5.24. The van der Waals surface area contributed by atoms with Crippen molar-refractivity contribution in [2.45, 2.75) is 37.6 Å². The van der Waals surface area contributed by atoms with Gasteiger partial charge in [0.2, 0.25) is 0 Å². The Kier molecular flexibility index (Phi) is 7.40. The number of likely N-dealkylation sites (tertiary alicyclic amines) is 1. The lowest BCUT2D eigenvalue weighted by Crippen LogP contribution is -2.63. The summed E-state index contributed by atoms with van der Waals surface area (Å²) in [5.74, 6) is -1.97. The minimum Gasteiger partial charge on any atom is -0.481 e. The zero-order valence-corrected chi connectivity index (χ0v) is 20.2. The lowest BCUT2D eigenvalue weighted by Gasteiger charge is -2.39. The summed E-state index contributed by atoms with van der Waals surface area (Å²) in [6.07, 6.45) is 0.701. The largest absolute Gasteiger partial charge is 0.481 e. The molecular weight excluding hydrogens is 448 g/mol. The molecule has 1 unspecified atom stereocenters. The molecular formula is C27H32N2O6. The molecule has 1 aliphatic heterocycles. The summed E-state index contributed by atoms with van der Waals surface area (Å²) in [5, 5.41) is 12.2. The number of methoxy groups -OCH3 is 1. The highest BCUT2D eigenvalue weighted by molar-refractivity contribution is 5.90. The third kappa shape index (κ3) is 4.89. The number of carboxylic acids is 1. The van der Waals surface area contributed by atoms with Gasteiger partial charge in [-0.1, -0.05) is 55.5 Å². The molecule has 2 aromatic carbocycles. The Morgan fingerprint density at radius 3 is 2.29 bits per heavy atom. The van der Waals surface area contributed by atoms with Gasteiger partial charge in [0.1, 0.15) is 12.1 Å². The van der Waals surface area contributed by atoms with E-state index in [1.165, 1.54) is 12.0 Å². The molecule has 2 N–H and O–H groups in total. The van der Waals surface area contributed by atoms with Crippen LogP contribution >= 0.6 is 0 Å². The maximum atomic E-state index is 13.5. The number of hydrogen-bond donors (Lipinski definition) is 2. The van der Waals surface area contributed by atoms with Crippen LogP contribution in [0.5, 0.6) is 0 Å². The number of aliphatic carboxylic acids is 1. The van der Waals surface area contributed by atoms with Gasteiger partial charge in [0.15, 0.2) is 0 Å². The van der Waals surface area contributed by atoms with Crippen LogP contribution in [0.3, 0.4) is 0 Å². The van der Waals surface area contributed by atoms with E-state index in [4.69, 9.17) is 9.47 Å². The number of ether oxygens (including phenoxy) is 2. The second kappa shape index (κ2) is 10.5. The Morgan fingerprint density at radius 1 is 1.09 bits per heavy atom. The second-order valence-electron chi connectivity index (χ2n) is 9.25. The number of nitrogens with one attached hydrogen (secondary N) is 1. The van der Waals surface area contributed by atoms with Crippen molar-refractivity contribution in [1.82, 2.24) is 10.2 Å². The van der Waals surface area contributed by atoms with Gasteiger partial charge in [-0.05, 0) is 41.5 Å². The number of carbonyl (C=O) groups excluding carboxylic acids is 2. The smallest absolute Gasteiger partial charge is 0.408 e. The Bertz CT molecular complexity index is 1060. The fourth-order valence-corrected chi connectivity index (χ4v) is 5.24. The molecule has 1 heterocycles. The zero-order valence-electron chi connectivity index (χ0n) is 20.2. The molecule has 8 nitrogen and oxygen atoms in total. The van der Waals surface area contributed by atoms with Crippen LogP contribution in [0.1, 0.15) is 43.2 Å². The van der Waals surface area contributed by atoms with E-state index in [2.05, 4.69) is 17.4 Å². The molecule has 2 aromatic rings. The van der Waals surface area contributed by atoms with Crippen molar-refractivity contribution >= 4 is 18.0 Å². The number of benzene rings is 2. The highest BCUT2D eigenvalue weighted by Crippen LogP contribution is 2.44. The van der Waals surface area contributed by atoms with Crippen LogP contribution in [0, 0.1) is 5.92 Å². The molecule has 1 fully saturated rings. The van der Waals surface area contributed by atoms with Crippen LogP contribution < -0.4 is 5.32 Å². The predicted octanol–water partition coefficient (Wildman–Crippen LogP) is 3.64. The summed E-state index contributed by atoms with van der Waals surface area (Å²) < 4.78 is 11.0. The first-order chi connectivity index (χ1) is 16.9. The number of carbonyl (C=O) groups is 3. The van der Waals surface area contributed by atoms with Crippen LogP contribution in [0.25, 0.3) is 11.1 Å². The number of fused-ring (bicyclic) bond motifs is 3. The van der Waals surface area contributed by atoms with Gasteiger partial charge in [0.25, 0.3) is 5.91 Å². The van der Waals surface area contributed by atoms with E-state index in [1.54, 1.807) is 6.92 Å². The molecule has 0 bridgehead atoms. The van der Waals surface area contributed by atoms with E-state index >= 15 is 0 Å². The summed E-state index contributed by atoms with van der Waals surface area (Å²) in [6, 6.07) is 16.1. The van der Waals surface area contributed by atoms with Crippen molar-refractivity contribution in [2.24, 2.45) is 5.92 Å². The van der Waals surface area contributed by atoms with Gasteiger partial charge in [0, 0.05) is 26.1 Å². The van der Waals surface area contributed by atoms with Gasteiger partial charge in [-0.25, -0.2) is 4.79 Å². The first-order valence-corrected chi connectivity index (χ1v) is 12.0. The molecule has 0 saturated carbocycles. The number of carboxylic acid groups (broad SMARTS) is 1. The number of rotatable bonds is 8. The summed E-state index contributed by atoms with van der Waals surface area (Å²) in [6.45, 7) is 2.44. The quantitative estimate of drug-likeness (QED) is 0.598. The highest BCUT2D eigenvalue weighted by atomic mass is 16.5. The molecule has 2 aliphatic rings. The molecule has 186 valence electrons. The van der Waals surface area contributed by atoms with Crippen LogP contribution in [-0.2, 0) is 19.1 Å². The van der Waals surface area contributed by atoms with Crippen molar-refractivity contribution in [3.63, 3.8) is 0 Å². The van der Waals surface area contributed by atoms with Crippen LogP contribution in [-0.4, -0.2) is 66.9 Å². The maximum Gasteiger partial charge on any atom is 0.408 e. The fraction of sp³-hybridized carbons (Fsp3) is 0.444. The molecule has 0 radical (unpaired) electrons. The third-order valence-electron chi connectivity index (χ3n) is 7.15. The van der Waals surface area contributed by atoms with E-state index in [0.717, 1.165) is 22.3 Å². The van der Waals surface area contributed by atoms with Gasteiger partial charge in [0.05, 0.1) is 12.5 Å². The van der Waals surface area contributed by atoms with Crippen molar-refractivity contribution in [1.29, 1.82) is 0 Å². The second-order valence-corrected chi connectivity index (χ2v) is 9.25. The molecule has 8 heteroatoms. The van der Waals surface area contributed by atoms with Gasteiger partial charge >= 0.3 is 12.1 Å². The molecule has 4 rings (SSSR count). The summed E-state index contributed by atoms with van der Waals surface area (Å²) in [7, 11) is 1.47. The zero-order chi connectivity index (χ0) is 25.0. The minimum atomic E-state index is -1.34. The third-order valence-corrected chi connectivity index (χ3v) is 7.15. The molecule has 0 aromatic heterocycles. The predicted molar refractivity (Wildman–Crippen MR) is 130 cm³/mol. The number of alkyl carbamates (subject to hydrolysis) is 1. The number of hydrogen-bond acceptors (Lipinski definition) is 5. The average molecular weight is 481 g/mol. The maximum absolute atomic E-state index is 13.5. The number of nitrogens with zero attached hydrogens (tertiary/aromatic N) is 1. The van der Waals surface area contributed by atoms with E-state index in [1.807, 2.05) is 36.4 Å². The average Bonchev–Trinajstić information content (AvgIpc) is 3.20. The Balaban J connectivity index is 1.48.